The van der Waals surface area contributed by atoms with Gasteiger partial charge in [0.25, 0.3) is 0 Å². The number of hydrogen-bond donors (Lipinski definition) is 1. The van der Waals surface area contributed by atoms with Crippen LogP contribution in [0.1, 0.15) is 17.3 Å². The molecule has 0 radical (unpaired) electrons. The van der Waals surface area contributed by atoms with Gasteiger partial charge in [-0.1, -0.05) is 18.2 Å². The average molecular weight is 348 g/mol. The second kappa shape index (κ2) is 5.91. The fourth-order valence-corrected chi connectivity index (χ4v) is 3.48. The van der Waals surface area contributed by atoms with Crippen LogP contribution < -0.4 is 5.32 Å². The highest BCUT2D eigenvalue weighted by Crippen LogP contribution is 2.29. The Morgan fingerprint density at radius 1 is 1.25 bits per heavy atom. The molecule has 0 aliphatic carbocycles. The molecule has 0 bridgehead atoms. The van der Waals surface area contributed by atoms with E-state index < -0.39 is 0 Å². The van der Waals surface area contributed by atoms with Gasteiger partial charge in [0.15, 0.2) is 0 Å². The van der Waals surface area contributed by atoms with Crippen molar-refractivity contribution in [3.63, 3.8) is 0 Å². The molecule has 0 aliphatic heterocycles. The van der Waals surface area contributed by atoms with Crippen LogP contribution in [0.3, 0.4) is 0 Å². The van der Waals surface area contributed by atoms with Gasteiger partial charge in [0.2, 0.25) is 0 Å². The van der Waals surface area contributed by atoms with E-state index in [2.05, 4.69) is 56.0 Å². The zero-order chi connectivity index (χ0) is 13.9. The minimum Gasteiger partial charge on any atom is -0.308 e. The molecule has 20 heavy (non-hydrogen) atoms. The molecule has 5 heteroatoms. The van der Waals surface area contributed by atoms with Gasteiger partial charge in [0, 0.05) is 6.20 Å². The molecule has 2 aromatic heterocycles. The van der Waals surface area contributed by atoms with Crippen molar-refractivity contribution in [3.05, 3.63) is 69.1 Å². The molecule has 3 nitrogen and oxygen atoms in total. The van der Waals surface area contributed by atoms with Gasteiger partial charge in [-0.3, -0.25) is 0 Å². The lowest BCUT2D eigenvalue weighted by atomic mass is 10.1. The van der Waals surface area contributed by atoms with Crippen molar-refractivity contribution in [2.45, 2.75) is 6.04 Å². The van der Waals surface area contributed by atoms with E-state index in [-0.39, 0.29) is 6.04 Å². The lowest BCUT2D eigenvalue weighted by Crippen LogP contribution is -2.20. The number of thiophene rings is 1. The minimum absolute atomic E-state index is 0.125. The van der Waals surface area contributed by atoms with Gasteiger partial charge in [0.05, 0.1) is 21.2 Å². The van der Waals surface area contributed by atoms with E-state index in [9.17, 15) is 0 Å². The molecule has 102 valence electrons. The quantitative estimate of drug-likeness (QED) is 0.772. The summed E-state index contributed by atoms with van der Waals surface area (Å²) in [5.74, 6) is 0. The molecule has 1 unspecified atom stereocenters. The van der Waals surface area contributed by atoms with Crippen molar-refractivity contribution >= 4 is 27.3 Å². The Balaban J connectivity index is 2.04. The van der Waals surface area contributed by atoms with Gasteiger partial charge in [-0.25, -0.2) is 4.68 Å². The van der Waals surface area contributed by atoms with Crippen LogP contribution in [0, 0.1) is 0 Å². The molecule has 0 aliphatic rings. The molecule has 0 amide bonds. The molecule has 3 rings (SSSR count). The largest absolute Gasteiger partial charge is 0.308 e. The van der Waals surface area contributed by atoms with Crippen LogP contribution in [-0.2, 0) is 0 Å². The number of benzene rings is 1. The van der Waals surface area contributed by atoms with Crippen molar-refractivity contribution in [2.24, 2.45) is 0 Å². The first-order valence-corrected chi connectivity index (χ1v) is 7.97. The minimum atomic E-state index is 0.125. The van der Waals surface area contributed by atoms with E-state index in [1.807, 2.05) is 36.1 Å². The summed E-state index contributed by atoms with van der Waals surface area (Å²) in [4.78, 5) is 0. The third-order valence-corrected chi connectivity index (χ3v) is 4.70. The highest BCUT2D eigenvalue weighted by atomic mass is 79.9. The topological polar surface area (TPSA) is 29.9 Å². The maximum Gasteiger partial charge on any atom is 0.0758 e. The Bertz CT molecular complexity index is 690. The lowest BCUT2D eigenvalue weighted by molar-refractivity contribution is 0.639. The van der Waals surface area contributed by atoms with E-state index in [1.165, 1.54) is 5.56 Å². The predicted octanol–water partition coefficient (Wildman–Crippen LogP) is 4.01. The van der Waals surface area contributed by atoms with E-state index in [4.69, 9.17) is 0 Å². The number of para-hydroxylation sites is 1. The SMILES string of the molecule is CNC(c1csc(Br)c1)c1ccnn1-c1ccccc1. The molecule has 0 saturated heterocycles. The molecule has 0 saturated carbocycles. The molecule has 1 N–H and O–H groups in total. The standard InChI is InChI=1S/C15H14BrN3S/c1-17-15(11-9-14(16)20-10-11)13-7-8-18-19(13)12-5-3-2-4-6-12/h2-10,15,17H,1H3. The highest BCUT2D eigenvalue weighted by molar-refractivity contribution is 9.11. The number of rotatable bonds is 4. The fraction of sp³-hybridized carbons (Fsp3) is 0.133. The highest BCUT2D eigenvalue weighted by Gasteiger charge is 2.18. The van der Waals surface area contributed by atoms with Gasteiger partial charge in [0.1, 0.15) is 0 Å². The molecule has 1 aromatic carbocycles. The molecule has 0 fully saturated rings. The van der Waals surface area contributed by atoms with Crippen LogP contribution >= 0.6 is 27.3 Å². The Labute approximate surface area is 130 Å². The summed E-state index contributed by atoms with van der Waals surface area (Å²) in [5.41, 5.74) is 3.44. The van der Waals surface area contributed by atoms with Crippen LogP contribution in [0.4, 0.5) is 0 Å². The summed E-state index contributed by atoms with van der Waals surface area (Å²) in [6, 6.07) is 14.5. The van der Waals surface area contributed by atoms with Crippen molar-refractivity contribution in [1.82, 2.24) is 15.1 Å². The number of nitrogens with zero attached hydrogens (tertiary/aromatic N) is 2. The van der Waals surface area contributed by atoms with E-state index in [1.54, 1.807) is 11.3 Å². The van der Waals surface area contributed by atoms with Crippen molar-refractivity contribution in [1.29, 1.82) is 0 Å². The van der Waals surface area contributed by atoms with E-state index >= 15 is 0 Å². The molecular weight excluding hydrogens is 334 g/mol. The summed E-state index contributed by atoms with van der Waals surface area (Å²) in [7, 11) is 1.97. The zero-order valence-corrected chi connectivity index (χ0v) is 13.4. The molecular formula is C15H14BrN3S. The van der Waals surface area contributed by atoms with Crippen LogP contribution in [0.5, 0.6) is 0 Å². The van der Waals surface area contributed by atoms with E-state index in [0.29, 0.717) is 0 Å². The van der Waals surface area contributed by atoms with Crippen LogP contribution in [0.25, 0.3) is 5.69 Å². The summed E-state index contributed by atoms with van der Waals surface area (Å²) in [5, 5.41) is 9.99. The van der Waals surface area contributed by atoms with Crippen LogP contribution in [0.2, 0.25) is 0 Å². The monoisotopic (exact) mass is 347 g/mol. The number of nitrogens with one attached hydrogen (secondary N) is 1. The number of hydrogen-bond acceptors (Lipinski definition) is 3. The Hall–Kier alpha value is -1.43. The summed E-state index contributed by atoms with van der Waals surface area (Å²) in [6.07, 6.45) is 1.84. The number of aromatic nitrogens is 2. The maximum atomic E-state index is 4.46. The van der Waals surface area contributed by atoms with Gasteiger partial charge in [-0.15, -0.1) is 11.3 Å². The Morgan fingerprint density at radius 2 is 2.05 bits per heavy atom. The van der Waals surface area contributed by atoms with Gasteiger partial charge in [-0.2, -0.15) is 5.10 Å². The van der Waals surface area contributed by atoms with Gasteiger partial charge >= 0.3 is 0 Å². The summed E-state index contributed by atoms with van der Waals surface area (Å²) >= 11 is 5.22. The fourth-order valence-electron chi connectivity index (χ4n) is 2.28. The zero-order valence-electron chi connectivity index (χ0n) is 11.0. The maximum absolute atomic E-state index is 4.46. The lowest BCUT2D eigenvalue weighted by Gasteiger charge is -2.17. The first-order valence-electron chi connectivity index (χ1n) is 6.30. The van der Waals surface area contributed by atoms with Crippen molar-refractivity contribution in [3.8, 4) is 5.69 Å². The smallest absolute Gasteiger partial charge is 0.0758 e. The number of halogens is 1. The van der Waals surface area contributed by atoms with Crippen molar-refractivity contribution < 1.29 is 0 Å². The molecule has 0 spiro atoms. The molecule has 2 heterocycles. The summed E-state index contributed by atoms with van der Waals surface area (Å²) < 4.78 is 3.12. The van der Waals surface area contributed by atoms with Gasteiger partial charge < -0.3 is 5.32 Å². The Morgan fingerprint density at radius 3 is 2.70 bits per heavy atom. The first kappa shape index (κ1) is 13.5. The summed E-state index contributed by atoms with van der Waals surface area (Å²) in [6.45, 7) is 0. The average Bonchev–Trinajstić information content (AvgIpc) is 3.11. The second-order valence-electron chi connectivity index (χ2n) is 4.41. The normalized spacial score (nSPS) is 12.5. The molecule has 1 atom stereocenters. The third-order valence-electron chi connectivity index (χ3n) is 3.18. The molecule has 3 aromatic rings. The first-order chi connectivity index (χ1) is 9.79. The predicted molar refractivity (Wildman–Crippen MR) is 86.5 cm³/mol. The Kier molecular flexibility index (Phi) is 4.00. The van der Waals surface area contributed by atoms with Crippen molar-refractivity contribution in [2.75, 3.05) is 7.05 Å². The van der Waals surface area contributed by atoms with E-state index in [0.717, 1.165) is 15.2 Å². The third kappa shape index (κ3) is 2.57. The van der Waals surface area contributed by atoms with Crippen LogP contribution in [0.15, 0.2) is 57.8 Å². The van der Waals surface area contributed by atoms with Gasteiger partial charge in [-0.05, 0) is 58.2 Å². The van der Waals surface area contributed by atoms with Crippen LogP contribution in [-0.4, -0.2) is 16.8 Å². The second-order valence-corrected chi connectivity index (χ2v) is 6.70.